The van der Waals surface area contributed by atoms with Gasteiger partial charge in [0.25, 0.3) is 0 Å². The molecule has 0 fully saturated rings. The zero-order chi connectivity index (χ0) is 4.41. The van der Waals surface area contributed by atoms with Crippen molar-refractivity contribution in [3.05, 3.63) is 12.2 Å². The van der Waals surface area contributed by atoms with Gasteiger partial charge in [-0.25, -0.2) is 0 Å². The molecule has 0 aliphatic carbocycles. The Balaban J connectivity index is 0.000000360. The molecule has 7 heavy (non-hydrogen) atoms. The average Bonchev–Trinajstić information content (AvgIpc) is 1.86. The fraction of sp³-hybridized carbons (Fsp3) is 0.333. The Morgan fingerprint density at radius 2 is 2.43 bits per heavy atom. The van der Waals surface area contributed by atoms with Crippen LogP contribution in [0.25, 0.3) is 0 Å². The van der Waals surface area contributed by atoms with Gasteiger partial charge in [-0.2, -0.15) is 0 Å². The Bertz CT molecular complexity index is 114. The van der Waals surface area contributed by atoms with E-state index in [-0.39, 0.29) is 19.5 Å². The van der Waals surface area contributed by atoms with Gasteiger partial charge in [-0.15, -0.1) is 0 Å². The first-order valence-electron chi connectivity index (χ1n) is 1.66. The predicted octanol–water partition coefficient (Wildman–Crippen LogP) is -0.260. The van der Waals surface area contributed by atoms with Crippen LogP contribution in [0.3, 0.4) is 0 Å². The summed E-state index contributed by atoms with van der Waals surface area (Å²) in [7, 11) is 0. The van der Waals surface area contributed by atoms with Gasteiger partial charge >= 0.3 is 19.5 Å². The van der Waals surface area contributed by atoms with Crippen molar-refractivity contribution in [3.8, 4) is 0 Å². The number of nitrogens with zero attached hydrogens (tertiary/aromatic N) is 3. The molecule has 1 aromatic rings. The van der Waals surface area contributed by atoms with Gasteiger partial charge in [0.2, 0.25) is 0 Å². The molecule has 0 aromatic carbocycles. The number of hydrogen-bond donors (Lipinski definition) is 0. The molecule has 1 heterocycles. The van der Waals surface area contributed by atoms with E-state index in [1.165, 1.54) is 6.33 Å². The van der Waals surface area contributed by atoms with E-state index < -0.39 is 0 Å². The molecule has 0 saturated carbocycles. The monoisotopic (exact) mass is 184 g/mol. The third-order valence-electron chi connectivity index (χ3n) is 0.499. The van der Waals surface area contributed by atoms with E-state index in [1.807, 2.05) is 0 Å². The van der Waals surface area contributed by atoms with Gasteiger partial charge < -0.3 is 15.2 Å². The normalized spacial score (nSPS) is 7.57. The SMILES string of the molecule is Cc1nnc[n-]1.[Ru+]. The summed E-state index contributed by atoms with van der Waals surface area (Å²) in [6.07, 6.45) is 1.43. The third-order valence-corrected chi connectivity index (χ3v) is 0.499. The van der Waals surface area contributed by atoms with Crippen LogP contribution in [-0.4, -0.2) is 10.2 Å². The van der Waals surface area contributed by atoms with Crippen LogP contribution < -0.4 is 4.98 Å². The van der Waals surface area contributed by atoms with Crippen LogP contribution in [0, 0.1) is 6.92 Å². The predicted molar refractivity (Wildman–Crippen MR) is 20.1 cm³/mol. The van der Waals surface area contributed by atoms with Crippen LogP contribution in [0.1, 0.15) is 5.82 Å². The molecule has 0 N–H and O–H groups in total. The van der Waals surface area contributed by atoms with Gasteiger partial charge in [-0.1, -0.05) is 0 Å². The van der Waals surface area contributed by atoms with E-state index in [0.29, 0.717) is 0 Å². The van der Waals surface area contributed by atoms with Gasteiger partial charge in [0, 0.05) is 0 Å². The topological polar surface area (TPSA) is 39.9 Å². The maximum absolute atomic E-state index is 3.69. The van der Waals surface area contributed by atoms with Gasteiger partial charge in [0.05, 0.1) is 0 Å². The second-order valence-corrected chi connectivity index (χ2v) is 1.01. The molecule has 39 valence electrons. The van der Waals surface area contributed by atoms with E-state index in [0.717, 1.165) is 5.82 Å². The van der Waals surface area contributed by atoms with Crippen molar-refractivity contribution in [2.75, 3.05) is 0 Å². The molecule has 1 rings (SSSR count). The second kappa shape index (κ2) is 2.86. The van der Waals surface area contributed by atoms with Crippen LogP contribution in [0.15, 0.2) is 6.33 Å². The van der Waals surface area contributed by atoms with Crippen molar-refractivity contribution in [1.82, 2.24) is 15.2 Å². The van der Waals surface area contributed by atoms with Crippen LogP contribution in [0.5, 0.6) is 0 Å². The third kappa shape index (κ3) is 1.78. The Labute approximate surface area is 54.3 Å². The van der Waals surface area contributed by atoms with E-state index in [4.69, 9.17) is 0 Å². The summed E-state index contributed by atoms with van der Waals surface area (Å²) in [4.78, 5) is 3.69. The molecule has 0 saturated heterocycles. The quantitative estimate of drug-likeness (QED) is 0.520. The first kappa shape index (κ1) is 6.76. The maximum Gasteiger partial charge on any atom is 1.00 e. The Hall–Kier alpha value is -0.237. The van der Waals surface area contributed by atoms with Crippen molar-refractivity contribution in [2.45, 2.75) is 6.92 Å². The average molecular weight is 183 g/mol. The molecule has 0 unspecified atom stereocenters. The molecule has 1 aromatic heterocycles. The largest absolute Gasteiger partial charge is 1.00 e. The fourth-order valence-electron chi connectivity index (χ4n) is 0.245. The summed E-state index contributed by atoms with van der Waals surface area (Å²) in [6, 6.07) is 0. The van der Waals surface area contributed by atoms with Crippen molar-refractivity contribution < 1.29 is 19.5 Å². The van der Waals surface area contributed by atoms with Gasteiger partial charge in [-0.05, 0) is 19.1 Å². The first-order valence-corrected chi connectivity index (χ1v) is 1.66. The van der Waals surface area contributed by atoms with E-state index >= 15 is 0 Å². The van der Waals surface area contributed by atoms with Gasteiger partial charge in [0.1, 0.15) is 0 Å². The zero-order valence-electron chi connectivity index (χ0n) is 3.77. The van der Waals surface area contributed by atoms with E-state index in [1.54, 1.807) is 6.92 Å². The molecule has 0 aliphatic rings. The van der Waals surface area contributed by atoms with Crippen LogP contribution >= 0.6 is 0 Å². The molecule has 0 spiro atoms. The Morgan fingerprint density at radius 1 is 1.71 bits per heavy atom. The number of hydrogen-bond acceptors (Lipinski definition) is 2. The second-order valence-electron chi connectivity index (χ2n) is 1.01. The molecule has 0 bridgehead atoms. The molecule has 0 aliphatic heterocycles. The molecule has 3 nitrogen and oxygen atoms in total. The Morgan fingerprint density at radius 3 is 2.57 bits per heavy atom. The summed E-state index contributed by atoms with van der Waals surface area (Å²) in [6.45, 7) is 1.80. The number of aromatic nitrogens is 3. The van der Waals surface area contributed by atoms with Crippen LogP contribution in [0.2, 0.25) is 0 Å². The van der Waals surface area contributed by atoms with E-state index in [9.17, 15) is 0 Å². The summed E-state index contributed by atoms with van der Waals surface area (Å²) >= 11 is 0. The minimum absolute atomic E-state index is 0. The molecule has 1 radical (unpaired) electrons. The molecule has 0 amide bonds. The number of rotatable bonds is 0. The van der Waals surface area contributed by atoms with E-state index in [2.05, 4.69) is 15.2 Å². The van der Waals surface area contributed by atoms with Crippen molar-refractivity contribution in [3.63, 3.8) is 0 Å². The summed E-state index contributed by atoms with van der Waals surface area (Å²) in [5, 5.41) is 7.02. The summed E-state index contributed by atoms with van der Waals surface area (Å²) < 4.78 is 0. The first-order chi connectivity index (χ1) is 2.89. The minimum Gasteiger partial charge on any atom is -0.370 e. The fourth-order valence-corrected chi connectivity index (χ4v) is 0.245. The number of aryl methyl sites for hydroxylation is 1. The van der Waals surface area contributed by atoms with Crippen LogP contribution in [0.4, 0.5) is 0 Å². The Kier molecular flexibility index (Phi) is 2.76. The molecular formula is C3H4N3Ru. The smallest absolute Gasteiger partial charge is 0.370 e. The minimum atomic E-state index is 0. The molecular weight excluding hydrogens is 179 g/mol. The zero-order valence-corrected chi connectivity index (χ0v) is 5.51. The molecule has 4 heteroatoms. The molecule has 0 atom stereocenters. The maximum atomic E-state index is 3.69. The van der Waals surface area contributed by atoms with Crippen molar-refractivity contribution in [2.24, 2.45) is 0 Å². The van der Waals surface area contributed by atoms with Crippen molar-refractivity contribution >= 4 is 0 Å². The van der Waals surface area contributed by atoms with Crippen LogP contribution in [-0.2, 0) is 19.5 Å². The summed E-state index contributed by atoms with van der Waals surface area (Å²) in [5.41, 5.74) is 0. The van der Waals surface area contributed by atoms with Crippen molar-refractivity contribution in [1.29, 1.82) is 0 Å². The van der Waals surface area contributed by atoms with Gasteiger partial charge in [-0.3, -0.25) is 0 Å². The standard InChI is InChI=1S/C3H4N3.Ru/c1-3-4-2-5-6-3;/h2H,1H3;/q-1;+1. The summed E-state index contributed by atoms with van der Waals surface area (Å²) in [5.74, 6) is 0.731. The van der Waals surface area contributed by atoms with Gasteiger partial charge in [0.15, 0.2) is 0 Å².